The van der Waals surface area contributed by atoms with E-state index in [1.807, 2.05) is 23.5 Å². The number of para-hydroxylation sites is 3. The average Bonchev–Trinajstić information content (AvgIpc) is 3.91. The van der Waals surface area contributed by atoms with Crippen molar-refractivity contribution in [2.75, 3.05) is 9.80 Å². The predicted octanol–water partition coefficient (Wildman–Crippen LogP) is 17.4. The zero-order valence-corrected chi connectivity index (χ0v) is 37.7. The minimum Gasteiger partial charge on any atom is -0.456 e. The van der Waals surface area contributed by atoms with Crippen LogP contribution in [-0.2, 0) is 0 Å². The highest BCUT2D eigenvalue weighted by molar-refractivity contribution is 7.27. The molecule has 0 aliphatic carbocycles. The Labute approximate surface area is 377 Å². The Bertz CT molecular complexity index is 3720. The zero-order valence-electron chi connectivity index (χ0n) is 35.9. The summed E-state index contributed by atoms with van der Waals surface area (Å²) in [6.07, 6.45) is 0. The van der Waals surface area contributed by atoms with E-state index in [2.05, 4.69) is 230 Å². The lowest BCUT2D eigenvalue weighted by Crippen LogP contribution is -2.37. The van der Waals surface area contributed by atoms with Crippen LogP contribution in [0.2, 0.25) is 19.6 Å². The van der Waals surface area contributed by atoms with Gasteiger partial charge in [-0.2, -0.15) is 0 Å². The first-order chi connectivity index (χ1) is 31.4. The molecule has 2 aromatic heterocycles. The summed E-state index contributed by atoms with van der Waals surface area (Å²) in [4.78, 5) is 4.82. The molecule has 0 fully saturated rings. The van der Waals surface area contributed by atoms with Crippen molar-refractivity contribution in [1.29, 1.82) is 0 Å². The number of rotatable bonds is 8. The molecule has 64 heavy (non-hydrogen) atoms. The van der Waals surface area contributed by atoms with Crippen LogP contribution in [0.15, 0.2) is 217 Å². The SMILES string of the molecule is C[Si](C)(C)c1ccc(N(c2ccccc2)c2ccc3c(c2)sc2c4ccc(N(c5ccc6oc7ccccc7c6c5)c5ccccc5-c5ccccc5)cc4c4ccccc4c32)cc1. The molecule has 3 nitrogen and oxygen atoms in total. The molecule has 2 heterocycles. The minimum atomic E-state index is -1.45. The van der Waals surface area contributed by atoms with Gasteiger partial charge >= 0.3 is 0 Å². The van der Waals surface area contributed by atoms with Crippen LogP contribution in [0.4, 0.5) is 34.1 Å². The summed E-state index contributed by atoms with van der Waals surface area (Å²) in [6, 6.07) is 77.5. The summed E-state index contributed by atoms with van der Waals surface area (Å²) >= 11 is 1.90. The molecule has 5 heteroatoms. The van der Waals surface area contributed by atoms with E-state index in [-0.39, 0.29) is 0 Å². The molecule has 306 valence electrons. The standard InChI is InChI=1S/C59H44N2OSSi/c1-64(2,3)45-31-26-41(27-32-45)60(40-18-8-5-9-19-40)44-29-34-51-57(38-44)63-59-50-33-28-42(36-52(50)47-21-10-11-23-49(47)58(51)59)61(54-24-14-12-20-46(54)39-16-6-4-7-17-39)43-30-35-56-53(37-43)48-22-13-15-25-55(48)62-56/h4-38H,1-3H3. The lowest BCUT2D eigenvalue weighted by molar-refractivity contribution is 0.669. The number of fused-ring (bicyclic) bond motifs is 11. The first kappa shape index (κ1) is 38.2. The fourth-order valence-corrected chi connectivity index (χ4v) is 12.1. The monoisotopic (exact) mass is 856 g/mol. The largest absolute Gasteiger partial charge is 0.456 e. The maximum Gasteiger partial charge on any atom is 0.135 e. The van der Waals surface area contributed by atoms with Gasteiger partial charge in [0.05, 0.1) is 13.8 Å². The molecule has 0 unspecified atom stereocenters. The summed E-state index contributed by atoms with van der Waals surface area (Å²) < 4.78 is 8.90. The van der Waals surface area contributed by atoms with Crippen LogP contribution in [0, 0.1) is 0 Å². The average molecular weight is 857 g/mol. The summed E-state index contributed by atoms with van der Waals surface area (Å²) in [5, 5.41) is 11.3. The topological polar surface area (TPSA) is 19.6 Å². The summed E-state index contributed by atoms with van der Waals surface area (Å²) in [6.45, 7) is 7.22. The van der Waals surface area contributed by atoms with Crippen LogP contribution in [-0.4, -0.2) is 8.07 Å². The van der Waals surface area contributed by atoms with Crippen molar-refractivity contribution in [3.63, 3.8) is 0 Å². The lowest BCUT2D eigenvalue weighted by Gasteiger charge is -2.28. The zero-order chi connectivity index (χ0) is 42.9. The van der Waals surface area contributed by atoms with E-state index in [1.165, 1.54) is 52.5 Å². The van der Waals surface area contributed by atoms with Gasteiger partial charge in [0.2, 0.25) is 0 Å². The van der Waals surface area contributed by atoms with Gasteiger partial charge in [0.15, 0.2) is 0 Å². The first-order valence-electron chi connectivity index (χ1n) is 22.0. The maximum atomic E-state index is 6.33. The van der Waals surface area contributed by atoms with Gasteiger partial charge < -0.3 is 14.2 Å². The number of anilines is 6. The second-order valence-electron chi connectivity index (χ2n) is 17.7. The van der Waals surface area contributed by atoms with Crippen LogP contribution in [0.25, 0.3) is 74.8 Å². The lowest BCUT2D eigenvalue weighted by atomic mass is 9.96. The van der Waals surface area contributed by atoms with E-state index in [4.69, 9.17) is 4.42 Å². The van der Waals surface area contributed by atoms with Crippen molar-refractivity contribution in [3.8, 4) is 11.1 Å². The number of benzene rings is 10. The van der Waals surface area contributed by atoms with Crippen molar-refractivity contribution in [1.82, 2.24) is 0 Å². The third kappa shape index (κ3) is 6.38. The summed E-state index contributed by atoms with van der Waals surface area (Å²) in [7, 11) is -1.45. The Morgan fingerprint density at radius 3 is 1.72 bits per heavy atom. The van der Waals surface area contributed by atoms with Gasteiger partial charge in [0.1, 0.15) is 11.2 Å². The van der Waals surface area contributed by atoms with Gasteiger partial charge in [-0.25, -0.2) is 0 Å². The van der Waals surface area contributed by atoms with Gasteiger partial charge in [-0.3, -0.25) is 0 Å². The molecular weight excluding hydrogens is 813 g/mol. The Kier molecular flexibility index (Phi) is 9.04. The molecule has 0 aliphatic heterocycles. The fraction of sp³-hybridized carbons (Fsp3) is 0.0508. The fourth-order valence-electron chi connectivity index (χ4n) is 9.66. The van der Waals surface area contributed by atoms with Crippen LogP contribution >= 0.6 is 11.3 Å². The van der Waals surface area contributed by atoms with E-state index >= 15 is 0 Å². The highest BCUT2D eigenvalue weighted by Gasteiger charge is 2.23. The number of hydrogen-bond acceptors (Lipinski definition) is 4. The number of nitrogens with zero attached hydrogens (tertiary/aromatic N) is 2. The normalized spacial score (nSPS) is 12.0. The maximum absolute atomic E-state index is 6.33. The van der Waals surface area contributed by atoms with Crippen LogP contribution in [0.1, 0.15) is 0 Å². The molecule has 10 aromatic carbocycles. The molecule has 12 rings (SSSR count). The van der Waals surface area contributed by atoms with Crippen LogP contribution < -0.4 is 15.0 Å². The van der Waals surface area contributed by atoms with Crippen molar-refractivity contribution in [2.24, 2.45) is 0 Å². The van der Waals surface area contributed by atoms with Crippen LogP contribution in [0.5, 0.6) is 0 Å². The second kappa shape index (κ2) is 15.1. The summed E-state index contributed by atoms with van der Waals surface area (Å²) in [5.74, 6) is 0. The molecule has 0 saturated heterocycles. The molecule has 0 saturated carbocycles. The predicted molar refractivity (Wildman–Crippen MR) is 279 cm³/mol. The molecular formula is C59H44N2OSSi. The molecule has 0 radical (unpaired) electrons. The molecule has 0 atom stereocenters. The van der Waals surface area contributed by atoms with Crippen molar-refractivity contribution < 1.29 is 4.42 Å². The molecule has 0 aliphatic rings. The van der Waals surface area contributed by atoms with E-state index < -0.39 is 8.07 Å². The molecule has 0 spiro atoms. The second-order valence-corrected chi connectivity index (χ2v) is 23.9. The van der Waals surface area contributed by atoms with Crippen molar-refractivity contribution >= 4 is 122 Å². The Morgan fingerprint density at radius 2 is 0.953 bits per heavy atom. The van der Waals surface area contributed by atoms with Crippen LogP contribution in [0.3, 0.4) is 0 Å². The van der Waals surface area contributed by atoms with Crippen molar-refractivity contribution in [3.05, 3.63) is 212 Å². The first-order valence-corrected chi connectivity index (χ1v) is 26.3. The third-order valence-corrected chi connectivity index (χ3v) is 16.0. The van der Waals surface area contributed by atoms with E-state index in [0.717, 1.165) is 61.6 Å². The molecule has 0 bridgehead atoms. The molecule has 0 N–H and O–H groups in total. The number of furan rings is 1. The Hall–Kier alpha value is -7.44. The molecule has 0 amide bonds. The van der Waals surface area contributed by atoms with Gasteiger partial charge in [-0.05, 0) is 101 Å². The van der Waals surface area contributed by atoms with Gasteiger partial charge in [-0.1, -0.05) is 158 Å². The van der Waals surface area contributed by atoms with Gasteiger partial charge in [0.25, 0.3) is 0 Å². The highest BCUT2D eigenvalue weighted by Crippen LogP contribution is 2.49. The van der Waals surface area contributed by atoms with E-state index in [9.17, 15) is 0 Å². The van der Waals surface area contributed by atoms with E-state index in [0.29, 0.717) is 0 Å². The smallest absolute Gasteiger partial charge is 0.135 e. The van der Waals surface area contributed by atoms with Crippen molar-refractivity contribution in [2.45, 2.75) is 19.6 Å². The Balaban J connectivity index is 1.06. The van der Waals surface area contributed by atoms with Gasteiger partial charge in [0, 0.05) is 70.3 Å². The highest BCUT2D eigenvalue weighted by atomic mass is 32.1. The Morgan fingerprint density at radius 1 is 0.391 bits per heavy atom. The third-order valence-electron chi connectivity index (χ3n) is 12.8. The number of hydrogen-bond donors (Lipinski definition) is 0. The van der Waals surface area contributed by atoms with E-state index in [1.54, 1.807) is 0 Å². The van der Waals surface area contributed by atoms with Gasteiger partial charge in [-0.15, -0.1) is 11.3 Å². The number of thiophene rings is 1. The minimum absolute atomic E-state index is 0.882. The summed E-state index contributed by atoms with van der Waals surface area (Å²) in [5.41, 5.74) is 10.8. The molecule has 12 aromatic rings. The quantitative estimate of drug-likeness (QED) is 0.112.